The third-order valence-corrected chi connectivity index (χ3v) is 4.12. The summed E-state index contributed by atoms with van der Waals surface area (Å²) in [5.74, 6) is -0.230. The number of aliphatic hydroxyl groups is 1. The van der Waals surface area contributed by atoms with Gasteiger partial charge in [0.05, 0.1) is 7.11 Å². The molecule has 0 heterocycles. The molecule has 1 aromatic rings. The second-order valence-corrected chi connectivity index (χ2v) is 6.45. The molecule has 2 atom stereocenters. The third-order valence-electron chi connectivity index (χ3n) is 4.12. The van der Waals surface area contributed by atoms with Crippen molar-refractivity contribution in [2.45, 2.75) is 39.4 Å². The molecule has 1 aliphatic carbocycles. The van der Waals surface area contributed by atoms with Crippen LogP contribution in [0.3, 0.4) is 0 Å². The summed E-state index contributed by atoms with van der Waals surface area (Å²) in [5, 5.41) is 10.4. The predicted molar refractivity (Wildman–Crippen MR) is 85.4 cm³/mol. The number of Topliss-reactive ketones (excluding diaryl/α,β-unsaturated/α-hetero) is 1. The Morgan fingerprint density at radius 3 is 2.61 bits per heavy atom. The molecule has 0 aliphatic heterocycles. The largest absolute Gasteiger partial charge is 0.496 e. The summed E-state index contributed by atoms with van der Waals surface area (Å²) in [6, 6.07) is 6.73. The van der Waals surface area contributed by atoms with Crippen molar-refractivity contribution in [2.75, 3.05) is 7.11 Å². The van der Waals surface area contributed by atoms with E-state index in [9.17, 15) is 14.7 Å². The van der Waals surface area contributed by atoms with Crippen molar-refractivity contribution in [1.29, 1.82) is 0 Å². The van der Waals surface area contributed by atoms with Gasteiger partial charge in [-0.25, -0.2) is 4.79 Å². The highest BCUT2D eigenvalue weighted by atomic mass is 16.6. The summed E-state index contributed by atoms with van der Waals surface area (Å²) < 4.78 is 10.7. The van der Waals surface area contributed by atoms with Gasteiger partial charge >= 0.3 is 5.97 Å². The lowest BCUT2D eigenvalue weighted by molar-refractivity contribution is -0.119. The van der Waals surface area contributed by atoms with Crippen LogP contribution in [0.4, 0.5) is 0 Å². The zero-order valence-corrected chi connectivity index (χ0v) is 13.8. The first kappa shape index (κ1) is 17.2. The average Bonchev–Trinajstić information content (AvgIpc) is 2.57. The number of hydrogen-bond donors (Lipinski definition) is 1. The molecule has 23 heavy (non-hydrogen) atoms. The highest BCUT2D eigenvalue weighted by molar-refractivity contribution is 5.96. The maximum absolute atomic E-state index is 12.5. The Kier molecular flexibility index (Phi) is 4.90. The van der Waals surface area contributed by atoms with Crippen LogP contribution >= 0.6 is 0 Å². The molecule has 0 radical (unpaired) electrons. The van der Waals surface area contributed by atoms with Gasteiger partial charge in [-0.2, -0.15) is 0 Å². The van der Waals surface area contributed by atoms with Crippen molar-refractivity contribution in [1.82, 2.24) is 0 Å². The second kappa shape index (κ2) is 6.54. The number of rotatable bonds is 3. The molecule has 0 fully saturated rings. The van der Waals surface area contributed by atoms with Gasteiger partial charge in [0.1, 0.15) is 23.5 Å². The molecule has 1 aromatic carbocycles. The van der Waals surface area contributed by atoms with Gasteiger partial charge in [-0.3, -0.25) is 4.79 Å². The van der Waals surface area contributed by atoms with Crippen LogP contribution in [0, 0.1) is 5.41 Å². The molecule has 2 rings (SSSR count). The van der Waals surface area contributed by atoms with E-state index in [1.54, 1.807) is 45.0 Å². The van der Waals surface area contributed by atoms with E-state index in [2.05, 4.69) is 0 Å². The minimum Gasteiger partial charge on any atom is -0.496 e. The van der Waals surface area contributed by atoms with E-state index in [4.69, 9.17) is 9.47 Å². The molecular weight excluding hydrogens is 296 g/mol. The molecule has 0 amide bonds. The molecule has 0 saturated carbocycles. The van der Waals surface area contributed by atoms with E-state index in [0.717, 1.165) is 0 Å². The fourth-order valence-electron chi connectivity index (χ4n) is 2.77. The van der Waals surface area contributed by atoms with E-state index >= 15 is 0 Å². The highest BCUT2D eigenvalue weighted by Crippen LogP contribution is 2.35. The molecule has 0 saturated heterocycles. The smallest absolute Gasteiger partial charge is 0.342 e. The van der Waals surface area contributed by atoms with Crippen LogP contribution in [0.5, 0.6) is 5.75 Å². The molecule has 124 valence electrons. The van der Waals surface area contributed by atoms with Gasteiger partial charge in [0.25, 0.3) is 0 Å². The van der Waals surface area contributed by atoms with Crippen LogP contribution in [0.25, 0.3) is 0 Å². The monoisotopic (exact) mass is 318 g/mol. The zero-order chi connectivity index (χ0) is 17.2. The van der Waals surface area contributed by atoms with E-state index < -0.39 is 23.6 Å². The number of ketones is 1. The highest BCUT2D eigenvalue weighted by Gasteiger charge is 2.41. The van der Waals surface area contributed by atoms with Crippen LogP contribution in [-0.2, 0) is 9.53 Å². The van der Waals surface area contributed by atoms with Crippen molar-refractivity contribution in [3.8, 4) is 5.75 Å². The van der Waals surface area contributed by atoms with Gasteiger partial charge in [0.15, 0.2) is 5.78 Å². The Bertz CT molecular complexity index is 645. The molecule has 0 spiro atoms. The molecule has 1 N–H and O–H groups in total. The minimum absolute atomic E-state index is 0.0510. The van der Waals surface area contributed by atoms with E-state index in [-0.39, 0.29) is 17.8 Å². The van der Waals surface area contributed by atoms with Gasteiger partial charge in [-0.05, 0) is 30.7 Å². The Morgan fingerprint density at radius 2 is 1.96 bits per heavy atom. The normalized spacial score (nSPS) is 23.7. The van der Waals surface area contributed by atoms with Gasteiger partial charge in [-0.1, -0.05) is 26.0 Å². The topological polar surface area (TPSA) is 72.8 Å². The Balaban J connectivity index is 2.29. The minimum atomic E-state index is -1.03. The quantitative estimate of drug-likeness (QED) is 0.867. The maximum Gasteiger partial charge on any atom is 0.342 e. The van der Waals surface area contributed by atoms with E-state index in [1.807, 2.05) is 0 Å². The Hall–Kier alpha value is -2.14. The Labute approximate surface area is 135 Å². The summed E-state index contributed by atoms with van der Waals surface area (Å²) in [5.41, 5.74) is 0.0956. The van der Waals surface area contributed by atoms with Crippen LogP contribution in [0.2, 0.25) is 0 Å². The lowest BCUT2D eigenvalue weighted by atomic mass is 9.80. The summed E-state index contributed by atoms with van der Waals surface area (Å²) in [6.45, 7) is 5.27. The first-order valence-corrected chi connectivity index (χ1v) is 7.50. The van der Waals surface area contributed by atoms with Crippen molar-refractivity contribution < 1.29 is 24.2 Å². The van der Waals surface area contributed by atoms with Crippen LogP contribution < -0.4 is 4.74 Å². The van der Waals surface area contributed by atoms with Crippen LogP contribution in [0.1, 0.15) is 37.6 Å². The van der Waals surface area contributed by atoms with Gasteiger partial charge in [0, 0.05) is 11.8 Å². The van der Waals surface area contributed by atoms with Crippen molar-refractivity contribution in [2.24, 2.45) is 5.41 Å². The second-order valence-electron chi connectivity index (χ2n) is 6.45. The fraction of sp³-hybridized carbons (Fsp3) is 0.444. The fourth-order valence-corrected chi connectivity index (χ4v) is 2.77. The van der Waals surface area contributed by atoms with Crippen molar-refractivity contribution in [3.05, 3.63) is 41.5 Å². The van der Waals surface area contributed by atoms with Gasteiger partial charge in [0.2, 0.25) is 0 Å². The third kappa shape index (κ3) is 3.62. The maximum atomic E-state index is 12.5. The number of allylic oxidation sites excluding steroid dienone is 1. The average molecular weight is 318 g/mol. The number of esters is 1. The molecule has 5 heteroatoms. The number of para-hydroxylation sites is 1. The number of carbonyl (C=O) groups excluding carboxylic acids is 2. The number of aliphatic hydroxyl groups excluding tert-OH is 1. The number of hydrogen-bond acceptors (Lipinski definition) is 5. The first-order valence-electron chi connectivity index (χ1n) is 7.50. The number of benzene rings is 1. The molecule has 2 unspecified atom stereocenters. The number of methoxy groups -OCH3 is 1. The van der Waals surface area contributed by atoms with Crippen LogP contribution in [0.15, 0.2) is 35.9 Å². The van der Waals surface area contributed by atoms with E-state index in [0.29, 0.717) is 11.3 Å². The zero-order valence-electron chi connectivity index (χ0n) is 13.8. The summed E-state index contributed by atoms with van der Waals surface area (Å²) >= 11 is 0. The molecule has 0 bridgehead atoms. The van der Waals surface area contributed by atoms with Crippen molar-refractivity contribution >= 4 is 11.8 Å². The van der Waals surface area contributed by atoms with Gasteiger partial charge < -0.3 is 14.6 Å². The summed E-state index contributed by atoms with van der Waals surface area (Å²) in [6.07, 6.45) is -0.190. The number of ether oxygens (including phenoxy) is 2. The lowest BCUT2D eigenvalue weighted by Crippen LogP contribution is -2.42. The van der Waals surface area contributed by atoms with E-state index in [1.165, 1.54) is 13.2 Å². The first-order chi connectivity index (χ1) is 10.8. The van der Waals surface area contributed by atoms with Crippen LogP contribution in [-0.4, -0.2) is 36.2 Å². The standard InChI is InChI=1S/C18H22O5/c1-11-9-13(19)16(18(2,3)10-14(11)20)23-17(21)12-7-5-6-8-15(12)22-4/h5-9,13,16,19H,10H2,1-4H3. The SMILES string of the molecule is COc1ccccc1C(=O)OC1C(O)C=C(C)C(=O)CC1(C)C. The molecule has 5 nitrogen and oxygen atoms in total. The summed E-state index contributed by atoms with van der Waals surface area (Å²) in [7, 11) is 1.47. The Morgan fingerprint density at radius 1 is 1.30 bits per heavy atom. The molecular formula is C18H22O5. The predicted octanol–water partition coefficient (Wildman–Crippen LogP) is 2.53. The molecule has 1 aliphatic rings. The molecule has 0 aromatic heterocycles. The lowest BCUT2D eigenvalue weighted by Gasteiger charge is -2.34. The summed E-state index contributed by atoms with van der Waals surface area (Å²) in [4.78, 5) is 24.5. The number of carbonyl (C=O) groups is 2. The van der Waals surface area contributed by atoms with Gasteiger partial charge in [-0.15, -0.1) is 0 Å². The van der Waals surface area contributed by atoms with Crippen molar-refractivity contribution in [3.63, 3.8) is 0 Å².